The van der Waals surface area contributed by atoms with Crippen molar-refractivity contribution in [3.05, 3.63) is 29.8 Å². The summed E-state index contributed by atoms with van der Waals surface area (Å²) in [6.07, 6.45) is 2.42. The van der Waals surface area contributed by atoms with E-state index in [0.717, 1.165) is 24.2 Å². The van der Waals surface area contributed by atoms with Gasteiger partial charge in [-0.2, -0.15) is 0 Å². The van der Waals surface area contributed by atoms with Crippen LogP contribution in [-0.2, 0) is 6.54 Å². The number of benzene rings is 1. The Morgan fingerprint density at radius 1 is 1.16 bits per heavy atom. The number of hydrogen-bond acceptors (Lipinski definition) is 2. The molecule has 3 heteroatoms. The highest BCUT2D eigenvalue weighted by Gasteiger charge is 2.26. The van der Waals surface area contributed by atoms with Crippen LogP contribution in [0.1, 0.15) is 32.3 Å². The fourth-order valence-electron chi connectivity index (χ4n) is 2.38. The lowest BCUT2D eigenvalue weighted by Crippen LogP contribution is -2.35. The average Bonchev–Trinajstić information content (AvgIpc) is 2.46. The molecule has 0 atom stereocenters. The van der Waals surface area contributed by atoms with Gasteiger partial charge < -0.3 is 9.64 Å². The normalized spacial score (nSPS) is 11.9. The van der Waals surface area contributed by atoms with Crippen LogP contribution < -0.4 is 4.74 Å². The van der Waals surface area contributed by atoms with Crippen molar-refractivity contribution >= 4 is 15.9 Å². The van der Waals surface area contributed by atoms with E-state index in [-0.39, 0.29) is 0 Å². The quantitative estimate of drug-likeness (QED) is 0.659. The molecule has 2 nitrogen and oxygen atoms in total. The number of nitrogens with zero attached hydrogens (tertiary/aromatic N) is 1. The molecule has 19 heavy (non-hydrogen) atoms. The van der Waals surface area contributed by atoms with Crippen molar-refractivity contribution in [2.75, 3.05) is 26.0 Å². The summed E-state index contributed by atoms with van der Waals surface area (Å²) in [5.41, 5.74) is 1.72. The molecule has 1 aromatic carbocycles. The topological polar surface area (TPSA) is 12.5 Å². The van der Waals surface area contributed by atoms with E-state index in [1.807, 2.05) is 12.1 Å². The van der Waals surface area contributed by atoms with Gasteiger partial charge in [-0.15, -0.1) is 0 Å². The fraction of sp³-hybridized carbons (Fsp3) is 0.625. The number of alkyl halides is 1. The van der Waals surface area contributed by atoms with Crippen LogP contribution in [-0.4, -0.2) is 30.9 Å². The summed E-state index contributed by atoms with van der Waals surface area (Å²) < 4.78 is 5.19. The average molecular weight is 328 g/mol. The second kappa shape index (κ2) is 7.91. The van der Waals surface area contributed by atoms with Crippen molar-refractivity contribution in [2.45, 2.75) is 33.2 Å². The summed E-state index contributed by atoms with van der Waals surface area (Å²) in [6, 6.07) is 8.34. The molecule has 108 valence electrons. The maximum absolute atomic E-state index is 5.19. The number of ether oxygens (including phenoxy) is 1. The van der Waals surface area contributed by atoms with Crippen molar-refractivity contribution in [1.82, 2.24) is 4.90 Å². The van der Waals surface area contributed by atoms with Gasteiger partial charge in [-0.1, -0.05) is 41.9 Å². The lowest BCUT2D eigenvalue weighted by molar-refractivity contribution is 0.180. The van der Waals surface area contributed by atoms with Gasteiger partial charge >= 0.3 is 0 Å². The monoisotopic (exact) mass is 327 g/mol. The van der Waals surface area contributed by atoms with Crippen molar-refractivity contribution in [1.29, 1.82) is 0 Å². The third-order valence-corrected chi connectivity index (χ3v) is 5.19. The van der Waals surface area contributed by atoms with E-state index in [9.17, 15) is 0 Å². The molecule has 0 spiro atoms. The summed E-state index contributed by atoms with van der Waals surface area (Å²) in [7, 11) is 3.90. The predicted molar refractivity (Wildman–Crippen MR) is 86.1 cm³/mol. The molecule has 0 aliphatic carbocycles. The van der Waals surface area contributed by atoms with Crippen molar-refractivity contribution in [3.8, 4) is 5.75 Å². The molecule has 0 aliphatic rings. The Bertz CT molecular complexity index is 351. The molecule has 0 bridgehead atoms. The molecular formula is C16H26BrNO. The standard InChI is InChI=1S/C16H26BrNO/c1-5-16(6-2,12-17)13-18(3)11-14-7-9-15(19-4)10-8-14/h7-10H,5-6,11-13H2,1-4H3. The zero-order valence-electron chi connectivity index (χ0n) is 12.6. The molecule has 1 rings (SSSR count). The van der Waals surface area contributed by atoms with Crippen LogP contribution in [0.15, 0.2) is 24.3 Å². The van der Waals surface area contributed by atoms with E-state index in [2.05, 4.69) is 53.9 Å². The Morgan fingerprint density at radius 3 is 2.16 bits per heavy atom. The summed E-state index contributed by atoms with van der Waals surface area (Å²) in [6.45, 7) is 6.67. The van der Waals surface area contributed by atoms with Crippen LogP contribution in [0.25, 0.3) is 0 Å². The second-order valence-corrected chi connectivity index (χ2v) is 5.92. The molecular weight excluding hydrogens is 302 g/mol. The Hall–Kier alpha value is -0.540. The van der Waals surface area contributed by atoms with Crippen LogP contribution in [0.5, 0.6) is 5.75 Å². The molecule has 1 aromatic rings. The van der Waals surface area contributed by atoms with E-state index in [0.29, 0.717) is 5.41 Å². The third-order valence-electron chi connectivity index (χ3n) is 4.00. The number of methoxy groups -OCH3 is 1. The van der Waals surface area contributed by atoms with Gasteiger partial charge in [0.15, 0.2) is 0 Å². The maximum Gasteiger partial charge on any atom is 0.118 e. The first kappa shape index (κ1) is 16.5. The van der Waals surface area contributed by atoms with E-state index >= 15 is 0 Å². The van der Waals surface area contributed by atoms with Gasteiger partial charge in [0.05, 0.1) is 7.11 Å². The Kier molecular flexibility index (Phi) is 6.87. The van der Waals surface area contributed by atoms with Gasteiger partial charge in [-0.05, 0) is 43.0 Å². The maximum atomic E-state index is 5.19. The number of hydrogen-bond donors (Lipinski definition) is 0. The molecule has 0 heterocycles. The molecule has 0 saturated carbocycles. The van der Waals surface area contributed by atoms with E-state index < -0.39 is 0 Å². The van der Waals surface area contributed by atoms with Gasteiger partial charge in [-0.3, -0.25) is 0 Å². The first-order valence-electron chi connectivity index (χ1n) is 6.96. The molecule has 0 saturated heterocycles. The fourth-order valence-corrected chi connectivity index (χ4v) is 3.35. The number of rotatable bonds is 8. The molecule has 0 aliphatic heterocycles. The molecule has 0 fully saturated rings. The lowest BCUT2D eigenvalue weighted by atomic mass is 9.84. The highest BCUT2D eigenvalue weighted by atomic mass is 79.9. The van der Waals surface area contributed by atoms with Gasteiger partial charge in [0.25, 0.3) is 0 Å². The largest absolute Gasteiger partial charge is 0.497 e. The highest BCUT2D eigenvalue weighted by Crippen LogP contribution is 2.30. The zero-order chi connectivity index (χ0) is 14.3. The molecule has 0 radical (unpaired) electrons. The van der Waals surface area contributed by atoms with Crippen molar-refractivity contribution in [3.63, 3.8) is 0 Å². The lowest BCUT2D eigenvalue weighted by Gasteiger charge is -2.34. The number of halogens is 1. The van der Waals surface area contributed by atoms with Crippen molar-refractivity contribution < 1.29 is 4.74 Å². The minimum Gasteiger partial charge on any atom is -0.497 e. The van der Waals surface area contributed by atoms with Gasteiger partial charge in [-0.25, -0.2) is 0 Å². The van der Waals surface area contributed by atoms with Crippen molar-refractivity contribution in [2.24, 2.45) is 5.41 Å². The Morgan fingerprint density at radius 2 is 1.74 bits per heavy atom. The summed E-state index contributed by atoms with van der Waals surface area (Å²) in [5.74, 6) is 0.920. The molecule has 0 unspecified atom stereocenters. The molecule has 0 aromatic heterocycles. The minimum atomic E-state index is 0.390. The van der Waals surface area contributed by atoms with Gasteiger partial charge in [0.1, 0.15) is 5.75 Å². The Labute approximate surface area is 126 Å². The van der Waals surface area contributed by atoms with E-state index in [4.69, 9.17) is 4.74 Å². The van der Waals surface area contributed by atoms with Gasteiger partial charge in [0, 0.05) is 18.4 Å². The van der Waals surface area contributed by atoms with Crippen LogP contribution in [0.3, 0.4) is 0 Å². The first-order chi connectivity index (χ1) is 9.09. The summed E-state index contributed by atoms with van der Waals surface area (Å²) >= 11 is 3.68. The first-order valence-corrected chi connectivity index (χ1v) is 8.08. The third kappa shape index (κ3) is 4.81. The summed E-state index contributed by atoms with van der Waals surface area (Å²) in [5, 5.41) is 1.07. The zero-order valence-corrected chi connectivity index (χ0v) is 14.2. The van der Waals surface area contributed by atoms with E-state index in [1.54, 1.807) is 7.11 Å². The highest BCUT2D eigenvalue weighted by molar-refractivity contribution is 9.09. The summed E-state index contributed by atoms with van der Waals surface area (Å²) in [4.78, 5) is 2.41. The molecule has 0 amide bonds. The SMILES string of the molecule is CCC(CC)(CBr)CN(C)Cc1ccc(OC)cc1. The van der Waals surface area contributed by atoms with Gasteiger partial charge in [0.2, 0.25) is 0 Å². The van der Waals surface area contributed by atoms with E-state index in [1.165, 1.54) is 18.4 Å². The van der Waals surface area contributed by atoms with Crippen LogP contribution in [0.4, 0.5) is 0 Å². The molecule has 0 N–H and O–H groups in total. The van der Waals surface area contributed by atoms with Crippen LogP contribution >= 0.6 is 15.9 Å². The van der Waals surface area contributed by atoms with Crippen LogP contribution in [0, 0.1) is 5.41 Å². The second-order valence-electron chi connectivity index (χ2n) is 5.36. The predicted octanol–water partition coefficient (Wildman–Crippen LogP) is 4.33. The Balaban J connectivity index is 2.60. The minimum absolute atomic E-state index is 0.390. The smallest absolute Gasteiger partial charge is 0.118 e. The van der Waals surface area contributed by atoms with Crippen LogP contribution in [0.2, 0.25) is 0 Å².